The molecule has 1 aromatic rings. The van der Waals surface area contributed by atoms with Gasteiger partial charge in [-0.3, -0.25) is 0 Å². The third kappa shape index (κ3) is 2.69. The summed E-state index contributed by atoms with van der Waals surface area (Å²) in [5, 5.41) is 0.789. The van der Waals surface area contributed by atoms with Gasteiger partial charge in [0.15, 0.2) is 0 Å². The van der Waals surface area contributed by atoms with Gasteiger partial charge in [-0.05, 0) is 30.2 Å². The Morgan fingerprint density at radius 1 is 1.31 bits per heavy atom. The number of ether oxygens (including phenoxy) is 1. The van der Waals surface area contributed by atoms with Crippen LogP contribution in [-0.2, 0) is 4.74 Å². The van der Waals surface area contributed by atoms with E-state index in [4.69, 9.17) is 16.3 Å². The Kier molecular flexibility index (Phi) is 3.72. The van der Waals surface area contributed by atoms with E-state index in [1.807, 2.05) is 12.1 Å². The fraction of sp³-hybridized carbons (Fsp3) is 0.538. The van der Waals surface area contributed by atoms with Crippen LogP contribution in [0.3, 0.4) is 0 Å². The van der Waals surface area contributed by atoms with Crippen LogP contribution in [0.5, 0.6) is 0 Å². The number of hydrogen-bond acceptors (Lipinski definition) is 2. The highest BCUT2D eigenvalue weighted by Gasteiger charge is 2.22. The van der Waals surface area contributed by atoms with Crippen molar-refractivity contribution in [2.45, 2.75) is 20.0 Å². The van der Waals surface area contributed by atoms with Gasteiger partial charge in [0, 0.05) is 23.8 Å². The van der Waals surface area contributed by atoms with E-state index in [1.54, 1.807) is 0 Å². The summed E-state index contributed by atoms with van der Waals surface area (Å²) in [4.78, 5) is 2.37. The molecule has 1 atom stereocenters. The Labute approximate surface area is 102 Å². The number of benzene rings is 1. The highest BCUT2D eigenvalue weighted by atomic mass is 35.5. The zero-order chi connectivity index (χ0) is 11.5. The van der Waals surface area contributed by atoms with Crippen molar-refractivity contribution in [2.75, 3.05) is 24.6 Å². The van der Waals surface area contributed by atoms with Crippen molar-refractivity contribution in [3.63, 3.8) is 0 Å². The van der Waals surface area contributed by atoms with Gasteiger partial charge in [-0.2, -0.15) is 0 Å². The largest absolute Gasteiger partial charge is 0.374 e. The smallest absolute Gasteiger partial charge is 0.0773 e. The summed E-state index contributed by atoms with van der Waals surface area (Å²) >= 11 is 5.89. The lowest BCUT2D eigenvalue weighted by Crippen LogP contribution is -2.44. The first kappa shape index (κ1) is 11.7. The molecule has 0 amide bonds. The van der Waals surface area contributed by atoms with Crippen LogP contribution in [-0.4, -0.2) is 25.8 Å². The third-order valence-corrected chi connectivity index (χ3v) is 3.28. The Balaban J connectivity index is 2.06. The average Bonchev–Trinajstić information content (AvgIpc) is 2.30. The second kappa shape index (κ2) is 5.07. The lowest BCUT2D eigenvalue weighted by molar-refractivity contribution is 0.0114. The van der Waals surface area contributed by atoms with Gasteiger partial charge < -0.3 is 9.64 Å². The number of rotatable bonds is 2. The molecule has 0 spiro atoms. The van der Waals surface area contributed by atoms with Gasteiger partial charge in [0.2, 0.25) is 0 Å². The van der Waals surface area contributed by atoms with Crippen LogP contribution in [0, 0.1) is 5.92 Å². The minimum atomic E-state index is 0.337. The lowest BCUT2D eigenvalue weighted by Gasteiger charge is -2.36. The number of hydrogen-bond donors (Lipinski definition) is 0. The molecule has 1 aliphatic rings. The van der Waals surface area contributed by atoms with Crippen LogP contribution >= 0.6 is 11.6 Å². The second-order valence-corrected chi connectivity index (χ2v) is 5.01. The molecule has 88 valence electrons. The van der Waals surface area contributed by atoms with Gasteiger partial charge in [-0.25, -0.2) is 0 Å². The van der Waals surface area contributed by atoms with E-state index in [-0.39, 0.29) is 0 Å². The van der Waals surface area contributed by atoms with Crippen LogP contribution in [0.25, 0.3) is 0 Å². The molecule has 1 aliphatic heterocycles. The molecule has 1 aromatic carbocycles. The van der Waals surface area contributed by atoms with E-state index in [9.17, 15) is 0 Å². The number of halogens is 1. The van der Waals surface area contributed by atoms with Crippen molar-refractivity contribution in [3.8, 4) is 0 Å². The van der Waals surface area contributed by atoms with Crippen LogP contribution in [0.1, 0.15) is 13.8 Å². The van der Waals surface area contributed by atoms with Gasteiger partial charge in [0.1, 0.15) is 0 Å². The second-order valence-electron chi connectivity index (χ2n) is 4.58. The first-order chi connectivity index (χ1) is 7.66. The monoisotopic (exact) mass is 239 g/mol. The summed E-state index contributed by atoms with van der Waals surface area (Å²) < 4.78 is 5.75. The molecule has 0 unspecified atom stereocenters. The van der Waals surface area contributed by atoms with E-state index in [0.29, 0.717) is 12.0 Å². The molecular formula is C13H18ClNO. The summed E-state index contributed by atoms with van der Waals surface area (Å²) in [6.07, 6.45) is 0.337. The maximum absolute atomic E-state index is 5.89. The fourth-order valence-corrected chi connectivity index (χ4v) is 2.09. The van der Waals surface area contributed by atoms with E-state index < -0.39 is 0 Å². The van der Waals surface area contributed by atoms with Crippen LogP contribution in [0.2, 0.25) is 5.02 Å². The van der Waals surface area contributed by atoms with Crippen molar-refractivity contribution < 1.29 is 4.74 Å². The van der Waals surface area contributed by atoms with E-state index >= 15 is 0 Å². The highest BCUT2D eigenvalue weighted by Crippen LogP contribution is 2.22. The molecule has 16 heavy (non-hydrogen) atoms. The minimum absolute atomic E-state index is 0.337. The van der Waals surface area contributed by atoms with Crippen LogP contribution in [0.4, 0.5) is 5.69 Å². The summed E-state index contributed by atoms with van der Waals surface area (Å²) in [7, 11) is 0. The van der Waals surface area contributed by atoms with Crippen molar-refractivity contribution in [1.82, 2.24) is 0 Å². The van der Waals surface area contributed by atoms with Gasteiger partial charge in [0.25, 0.3) is 0 Å². The molecule has 3 heteroatoms. The molecule has 0 radical (unpaired) electrons. The predicted octanol–water partition coefficient (Wildman–Crippen LogP) is 3.20. The van der Waals surface area contributed by atoms with E-state index in [0.717, 1.165) is 24.7 Å². The van der Waals surface area contributed by atoms with E-state index in [1.165, 1.54) is 5.69 Å². The standard InChI is InChI=1S/C13H18ClNO/c1-10(2)13-9-15(7-8-16-13)12-5-3-11(14)4-6-12/h3-6,10,13H,7-9H2,1-2H3/t13-/m1/s1. The summed E-state index contributed by atoms with van der Waals surface area (Å²) in [5.74, 6) is 0.565. The van der Waals surface area contributed by atoms with E-state index in [2.05, 4.69) is 30.9 Å². The van der Waals surface area contributed by atoms with Crippen LogP contribution in [0.15, 0.2) is 24.3 Å². The predicted molar refractivity (Wildman–Crippen MR) is 68.2 cm³/mol. The molecule has 1 saturated heterocycles. The summed E-state index contributed by atoms with van der Waals surface area (Å²) in [5.41, 5.74) is 1.23. The number of nitrogens with zero attached hydrogens (tertiary/aromatic N) is 1. The fourth-order valence-electron chi connectivity index (χ4n) is 1.97. The molecule has 2 nitrogen and oxygen atoms in total. The Morgan fingerprint density at radius 3 is 2.62 bits per heavy atom. The van der Waals surface area contributed by atoms with Crippen molar-refractivity contribution >= 4 is 17.3 Å². The number of anilines is 1. The lowest BCUT2D eigenvalue weighted by atomic mass is 10.1. The maximum atomic E-state index is 5.89. The normalized spacial score (nSPS) is 21.5. The van der Waals surface area contributed by atoms with Crippen molar-refractivity contribution in [1.29, 1.82) is 0 Å². The first-order valence-electron chi connectivity index (χ1n) is 5.79. The quantitative estimate of drug-likeness (QED) is 0.786. The molecule has 0 bridgehead atoms. The van der Waals surface area contributed by atoms with Crippen molar-refractivity contribution in [2.24, 2.45) is 5.92 Å². The average molecular weight is 240 g/mol. The topological polar surface area (TPSA) is 12.5 Å². The summed E-state index contributed by atoms with van der Waals surface area (Å²) in [6.45, 7) is 7.15. The van der Waals surface area contributed by atoms with Gasteiger partial charge in [-0.1, -0.05) is 25.4 Å². The SMILES string of the molecule is CC(C)[C@H]1CN(c2ccc(Cl)cc2)CCO1. The zero-order valence-electron chi connectivity index (χ0n) is 9.82. The van der Waals surface area contributed by atoms with Gasteiger partial charge in [-0.15, -0.1) is 0 Å². The molecule has 0 aromatic heterocycles. The van der Waals surface area contributed by atoms with Crippen LogP contribution < -0.4 is 4.90 Å². The van der Waals surface area contributed by atoms with Crippen molar-refractivity contribution in [3.05, 3.63) is 29.3 Å². The molecule has 1 heterocycles. The van der Waals surface area contributed by atoms with Gasteiger partial charge >= 0.3 is 0 Å². The number of morpholine rings is 1. The highest BCUT2D eigenvalue weighted by molar-refractivity contribution is 6.30. The molecule has 0 N–H and O–H groups in total. The Bertz CT molecular complexity index is 336. The zero-order valence-corrected chi connectivity index (χ0v) is 10.6. The maximum Gasteiger partial charge on any atom is 0.0773 e. The molecular weight excluding hydrogens is 222 g/mol. The third-order valence-electron chi connectivity index (χ3n) is 3.03. The molecule has 2 rings (SSSR count). The first-order valence-corrected chi connectivity index (χ1v) is 6.17. The summed E-state index contributed by atoms with van der Waals surface area (Å²) in [6, 6.07) is 8.03. The molecule has 1 fully saturated rings. The minimum Gasteiger partial charge on any atom is -0.374 e. The van der Waals surface area contributed by atoms with Gasteiger partial charge in [0.05, 0.1) is 12.7 Å². The molecule has 0 saturated carbocycles. The Hall–Kier alpha value is -0.730. The molecule has 0 aliphatic carbocycles. The Morgan fingerprint density at radius 2 is 2.00 bits per heavy atom.